The highest BCUT2D eigenvalue weighted by atomic mass is 127. The summed E-state index contributed by atoms with van der Waals surface area (Å²) in [7, 11) is 0. The Morgan fingerprint density at radius 1 is 1.07 bits per heavy atom. The number of imide groups is 1. The molecule has 1 saturated heterocycles. The second-order valence-electron chi connectivity index (χ2n) is 8.92. The lowest BCUT2D eigenvalue weighted by Gasteiger charge is -2.15. The first kappa shape index (κ1) is 30.2. The van der Waals surface area contributed by atoms with Gasteiger partial charge in [-0.15, -0.1) is 0 Å². The Morgan fingerprint density at radius 3 is 2.55 bits per heavy atom. The highest BCUT2D eigenvalue weighted by molar-refractivity contribution is 14.1. The van der Waals surface area contributed by atoms with Crippen molar-refractivity contribution < 1.29 is 23.9 Å². The number of ether oxygens (including phenoxy) is 2. The van der Waals surface area contributed by atoms with E-state index in [1.54, 1.807) is 36.4 Å². The standard InChI is InChI=1S/C29H25Cl2IN2O5S/c1-4-38-24-11-18(10-22(32)27(24)39-15-19-6-7-20(30)13-21(19)31)12-25-28(36)34(29(37)40-25)14-26(35)33-23-8-5-16(2)9-17(23)3/h5-13H,4,14-15H2,1-3H3,(H,33,35)/b25-12+. The predicted octanol–water partition coefficient (Wildman–Crippen LogP) is 7.87. The lowest BCUT2D eigenvalue weighted by Crippen LogP contribution is -2.36. The normalized spacial score (nSPS) is 14.2. The molecule has 3 amide bonds. The maximum Gasteiger partial charge on any atom is 0.294 e. The quantitative estimate of drug-likeness (QED) is 0.180. The minimum Gasteiger partial charge on any atom is -0.490 e. The van der Waals surface area contributed by atoms with Crippen molar-refractivity contribution in [2.24, 2.45) is 0 Å². The van der Waals surface area contributed by atoms with Crippen molar-refractivity contribution in [1.82, 2.24) is 4.90 Å². The SMILES string of the molecule is CCOc1cc(/C=C2/SC(=O)N(CC(=O)Nc3ccc(C)cc3C)C2=O)cc(I)c1OCc1ccc(Cl)cc1Cl. The van der Waals surface area contributed by atoms with Gasteiger partial charge in [-0.1, -0.05) is 47.0 Å². The maximum atomic E-state index is 13.1. The van der Waals surface area contributed by atoms with Crippen LogP contribution in [0.15, 0.2) is 53.4 Å². The van der Waals surface area contributed by atoms with Gasteiger partial charge in [0.05, 0.1) is 15.1 Å². The third kappa shape index (κ3) is 7.31. The average Bonchev–Trinajstić information content (AvgIpc) is 3.13. The van der Waals surface area contributed by atoms with E-state index in [2.05, 4.69) is 27.9 Å². The van der Waals surface area contributed by atoms with Gasteiger partial charge in [0.25, 0.3) is 11.1 Å². The van der Waals surface area contributed by atoms with E-state index in [4.69, 9.17) is 32.7 Å². The molecular formula is C29H25Cl2IN2O5S. The third-order valence-electron chi connectivity index (χ3n) is 5.85. The van der Waals surface area contributed by atoms with Crippen molar-refractivity contribution in [3.05, 3.63) is 89.3 Å². The van der Waals surface area contributed by atoms with E-state index in [-0.39, 0.29) is 18.1 Å². The van der Waals surface area contributed by atoms with Gasteiger partial charge in [0.15, 0.2) is 11.5 Å². The van der Waals surface area contributed by atoms with E-state index < -0.39 is 17.1 Å². The Bertz CT molecular complexity index is 1530. The number of hydrogen-bond acceptors (Lipinski definition) is 6. The predicted molar refractivity (Wildman–Crippen MR) is 168 cm³/mol. The Hall–Kier alpha value is -2.73. The highest BCUT2D eigenvalue weighted by Gasteiger charge is 2.36. The topological polar surface area (TPSA) is 84.9 Å². The van der Waals surface area contributed by atoms with Crippen LogP contribution in [0.2, 0.25) is 10.0 Å². The number of benzene rings is 3. The first-order valence-corrected chi connectivity index (χ1v) is 14.9. The Labute approximate surface area is 260 Å². The highest BCUT2D eigenvalue weighted by Crippen LogP contribution is 2.38. The molecule has 0 atom stereocenters. The van der Waals surface area contributed by atoms with Crippen LogP contribution in [0.5, 0.6) is 11.5 Å². The summed E-state index contributed by atoms with van der Waals surface area (Å²) in [5.41, 5.74) is 4.01. The minimum atomic E-state index is -0.531. The molecular weight excluding hydrogens is 686 g/mol. The average molecular weight is 711 g/mol. The summed E-state index contributed by atoms with van der Waals surface area (Å²) < 4.78 is 12.6. The summed E-state index contributed by atoms with van der Waals surface area (Å²) in [6.45, 7) is 5.91. The minimum absolute atomic E-state index is 0.203. The number of carbonyl (C=O) groups is 3. The van der Waals surface area contributed by atoms with Crippen LogP contribution >= 0.6 is 57.6 Å². The smallest absolute Gasteiger partial charge is 0.294 e. The number of nitrogens with one attached hydrogen (secondary N) is 1. The lowest BCUT2D eigenvalue weighted by molar-refractivity contribution is -0.127. The van der Waals surface area contributed by atoms with Crippen molar-refractivity contribution >= 4 is 86.4 Å². The summed E-state index contributed by atoms with van der Waals surface area (Å²) in [6, 6.07) is 14.4. The molecule has 1 N–H and O–H groups in total. The molecule has 0 bridgehead atoms. The molecule has 3 aromatic rings. The van der Waals surface area contributed by atoms with E-state index in [0.29, 0.717) is 39.4 Å². The van der Waals surface area contributed by atoms with Crippen LogP contribution < -0.4 is 14.8 Å². The zero-order chi connectivity index (χ0) is 29.0. The summed E-state index contributed by atoms with van der Waals surface area (Å²) >= 11 is 15.2. The van der Waals surface area contributed by atoms with Gasteiger partial charge in [0, 0.05) is 21.3 Å². The van der Waals surface area contributed by atoms with E-state index in [9.17, 15) is 14.4 Å². The Morgan fingerprint density at radius 2 is 1.85 bits per heavy atom. The molecule has 4 rings (SSSR count). The van der Waals surface area contributed by atoms with E-state index >= 15 is 0 Å². The first-order chi connectivity index (χ1) is 19.0. The zero-order valence-electron chi connectivity index (χ0n) is 21.8. The molecule has 0 aromatic heterocycles. The maximum absolute atomic E-state index is 13.1. The fourth-order valence-corrected chi connectivity index (χ4v) is 6.02. The largest absolute Gasteiger partial charge is 0.490 e. The Kier molecular flexibility index (Phi) is 10.0. The van der Waals surface area contributed by atoms with Crippen LogP contribution in [0.3, 0.4) is 0 Å². The number of aryl methyl sites for hydroxylation is 2. The molecule has 0 aliphatic carbocycles. The van der Waals surface area contributed by atoms with Gasteiger partial charge in [0.2, 0.25) is 5.91 Å². The molecule has 0 radical (unpaired) electrons. The zero-order valence-corrected chi connectivity index (χ0v) is 26.3. The lowest BCUT2D eigenvalue weighted by atomic mass is 10.1. The molecule has 1 aliphatic rings. The molecule has 3 aromatic carbocycles. The number of halogens is 3. The molecule has 40 heavy (non-hydrogen) atoms. The van der Waals surface area contributed by atoms with Crippen LogP contribution in [0.4, 0.5) is 10.5 Å². The van der Waals surface area contributed by atoms with E-state index in [1.165, 1.54) is 0 Å². The van der Waals surface area contributed by atoms with Crippen molar-refractivity contribution in [1.29, 1.82) is 0 Å². The number of hydrogen-bond donors (Lipinski definition) is 1. The van der Waals surface area contributed by atoms with Crippen molar-refractivity contribution in [3.8, 4) is 11.5 Å². The summed E-state index contributed by atoms with van der Waals surface area (Å²) in [6.07, 6.45) is 1.61. The monoisotopic (exact) mass is 710 g/mol. The number of thioether (sulfide) groups is 1. The summed E-state index contributed by atoms with van der Waals surface area (Å²) in [5.74, 6) is 0.0297. The molecule has 0 spiro atoms. The van der Waals surface area contributed by atoms with Crippen molar-refractivity contribution in [2.75, 3.05) is 18.5 Å². The van der Waals surface area contributed by atoms with Crippen LogP contribution in [0, 0.1) is 17.4 Å². The van der Waals surface area contributed by atoms with Crippen LogP contribution in [-0.4, -0.2) is 35.1 Å². The molecule has 0 saturated carbocycles. The second-order valence-corrected chi connectivity index (χ2v) is 11.9. The van der Waals surface area contributed by atoms with Gasteiger partial charge in [-0.3, -0.25) is 19.3 Å². The number of nitrogens with zero attached hydrogens (tertiary/aromatic N) is 1. The van der Waals surface area contributed by atoms with Crippen molar-refractivity contribution in [3.63, 3.8) is 0 Å². The van der Waals surface area contributed by atoms with Crippen LogP contribution in [-0.2, 0) is 16.2 Å². The van der Waals surface area contributed by atoms with Gasteiger partial charge in [-0.05, 0) is 103 Å². The molecule has 1 aliphatic heterocycles. The van der Waals surface area contributed by atoms with Gasteiger partial charge < -0.3 is 14.8 Å². The van der Waals surface area contributed by atoms with Crippen LogP contribution in [0.25, 0.3) is 6.08 Å². The fraction of sp³-hybridized carbons (Fsp3) is 0.207. The van der Waals surface area contributed by atoms with Gasteiger partial charge in [-0.2, -0.15) is 0 Å². The molecule has 11 heteroatoms. The van der Waals surface area contributed by atoms with Gasteiger partial charge >= 0.3 is 0 Å². The number of carbonyl (C=O) groups excluding carboxylic acids is 3. The van der Waals surface area contributed by atoms with Crippen LogP contribution in [0.1, 0.15) is 29.2 Å². The summed E-state index contributed by atoms with van der Waals surface area (Å²) in [4.78, 5) is 39.5. The van der Waals surface area contributed by atoms with E-state index in [1.807, 2.05) is 39.0 Å². The number of amides is 3. The van der Waals surface area contributed by atoms with Gasteiger partial charge in [0.1, 0.15) is 13.2 Å². The Balaban J connectivity index is 1.50. The van der Waals surface area contributed by atoms with E-state index in [0.717, 1.165) is 36.9 Å². The molecule has 1 heterocycles. The number of rotatable bonds is 9. The summed E-state index contributed by atoms with van der Waals surface area (Å²) in [5, 5.41) is 3.30. The molecule has 7 nitrogen and oxygen atoms in total. The third-order valence-corrected chi connectivity index (χ3v) is 8.14. The fourth-order valence-electron chi connectivity index (χ4n) is 3.94. The molecule has 1 fully saturated rings. The van der Waals surface area contributed by atoms with Gasteiger partial charge in [-0.25, -0.2) is 0 Å². The first-order valence-electron chi connectivity index (χ1n) is 12.2. The molecule has 208 valence electrons. The number of anilines is 1. The van der Waals surface area contributed by atoms with Crippen molar-refractivity contribution in [2.45, 2.75) is 27.4 Å². The molecule has 0 unspecified atom stereocenters. The second kappa shape index (κ2) is 13.3.